The molecule has 1 aromatic rings. The normalized spacial score (nSPS) is 17.0. The number of aromatic nitrogens is 1. The molecule has 1 fully saturated rings. The van der Waals surface area contributed by atoms with E-state index in [0.29, 0.717) is 18.9 Å². The van der Waals surface area contributed by atoms with Gasteiger partial charge in [0.2, 0.25) is 5.82 Å². The summed E-state index contributed by atoms with van der Waals surface area (Å²) in [5.74, 6) is 0.0827. The highest BCUT2D eigenvalue weighted by Gasteiger charge is 2.26. The predicted octanol–water partition coefficient (Wildman–Crippen LogP) is 0.699. The summed E-state index contributed by atoms with van der Waals surface area (Å²) in [6, 6.07) is 1.26. The zero-order valence-electron chi connectivity index (χ0n) is 11.6. The van der Waals surface area contributed by atoms with Crippen LogP contribution in [0.15, 0.2) is 17.4 Å². The smallest absolute Gasteiger partial charge is 0.312 e. The molecule has 0 bridgehead atoms. The van der Waals surface area contributed by atoms with Crippen molar-refractivity contribution in [2.75, 3.05) is 25.1 Å². The lowest BCUT2D eigenvalue weighted by atomic mass is 10.1. The van der Waals surface area contributed by atoms with E-state index < -0.39 is 4.92 Å². The fourth-order valence-corrected chi connectivity index (χ4v) is 2.33. The van der Waals surface area contributed by atoms with Crippen LogP contribution in [-0.2, 0) is 4.74 Å². The van der Waals surface area contributed by atoms with Crippen molar-refractivity contribution in [3.8, 4) is 0 Å². The molecule has 0 spiro atoms. The van der Waals surface area contributed by atoms with Gasteiger partial charge in [-0.3, -0.25) is 10.1 Å². The standard InChI is InChI=1S/C12H17N5O4/c1-21-9-2-4-16(5-3-9)12-10(17(19)20)6-8(7-14-12)11(13)15-18/h6-7,9,18H,2-5H2,1H3,(H2,13,15). The summed E-state index contributed by atoms with van der Waals surface area (Å²) < 4.78 is 5.28. The molecule has 3 N–H and O–H groups in total. The Kier molecular flexibility index (Phi) is 4.53. The summed E-state index contributed by atoms with van der Waals surface area (Å²) in [5.41, 5.74) is 5.49. The Morgan fingerprint density at radius 3 is 2.81 bits per heavy atom. The molecule has 0 radical (unpaired) electrons. The first-order valence-electron chi connectivity index (χ1n) is 6.47. The molecule has 0 saturated carbocycles. The number of hydrogen-bond acceptors (Lipinski definition) is 7. The van der Waals surface area contributed by atoms with Crippen LogP contribution in [0.25, 0.3) is 0 Å². The van der Waals surface area contributed by atoms with Gasteiger partial charge >= 0.3 is 5.69 Å². The number of nitro groups is 1. The molecular formula is C12H17N5O4. The molecule has 114 valence electrons. The van der Waals surface area contributed by atoms with Gasteiger partial charge in [0.05, 0.1) is 11.0 Å². The molecule has 21 heavy (non-hydrogen) atoms. The first kappa shape index (κ1) is 15.0. The Morgan fingerprint density at radius 2 is 2.29 bits per heavy atom. The summed E-state index contributed by atoms with van der Waals surface area (Å²) in [4.78, 5) is 16.7. The molecule has 0 unspecified atom stereocenters. The zero-order chi connectivity index (χ0) is 15.4. The van der Waals surface area contributed by atoms with E-state index >= 15 is 0 Å². The molecule has 0 amide bonds. The van der Waals surface area contributed by atoms with Crippen LogP contribution in [0.1, 0.15) is 18.4 Å². The van der Waals surface area contributed by atoms with Gasteiger partial charge in [-0.25, -0.2) is 4.98 Å². The van der Waals surface area contributed by atoms with Gasteiger partial charge in [-0.05, 0) is 12.8 Å². The van der Waals surface area contributed by atoms with Crippen molar-refractivity contribution in [3.05, 3.63) is 27.9 Å². The van der Waals surface area contributed by atoms with Crippen LogP contribution in [0.3, 0.4) is 0 Å². The van der Waals surface area contributed by atoms with E-state index in [1.165, 1.54) is 12.3 Å². The number of ether oxygens (including phenoxy) is 1. The van der Waals surface area contributed by atoms with Crippen molar-refractivity contribution < 1.29 is 14.9 Å². The molecule has 0 atom stereocenters. The fourth-order valence-electron chi connectivity index (χ4n) is 2.33. The van der Waals surface area contributed by atoms with Crippen LogP contribution in [0.5, 0.6) is 0 Å². The van der Waals surface area contributed by atoms with Gasteiger partial charge in [0, 0.05) is 38.0 Å². The molecular weight excluding hydrogens is 278 g/mol. The van der Waals surface area contributed by atoms with Crippen molar-refractivity contribution >= 4 is 17.3 Å². The topological polar surface area (TPSA) is 127 Å². The fraction of sp³-hybridized carbons (Fsp3) is 0.500. The van der Waals surface area contributed by atoms with Crippen molar-refractivity contribution in [1.82, 2.24) is 4.98 Å². The second-order valence-electron chi connectivity index (χ2n) is 4.73. The second kappa shape index (κ2) is 6.35. The maximum atomic E-state index is 11.2. The third-order valence-electron chi connectivity index (χ3n) is 3.52. The average Bonchev–Trinajstić information content (AvgIpc) is 2.53. The SMILES string of the molecule is COC1CCN(c2ncc(C(N)=NO)cc2[N+](=O)[O-])CC1. The quantitative estimate of drug-likeness (QED) is 0.275. The number of methoxy groups -OCH3 is 1. The maximum Gasteiger partial charge on any atom is 0.312 e. The van der Waals surface area contributed by atoms with Gasteiger partial charge in [-0.15, -0.1) is 0 Å². The highest BCUT2D eigenvalue weighted by molar-refractivity contribution is 5.97. The largest absolute Gasteiger partial charge is 0.409 e. The van der Waals surface area contributed by atoms with Gasteiger partial charge < -0.3 is 20.6 Å². The van der Waals surface area contributed by atoms with Gasteiger partial charge in [0.1, 0.15) is 0 Å². The lowest BCUT2D eigenvalue weighted by molar-refractivity contribution is -0.384. The van der Waals surface area contributed by atoms with E-state index in [0.717, 1.165) is 12.8 Å². The molecule has 0 aliphatic carbocycles. The van der Waals surface area contributed by atoms with Gasteiger partial charge in [-0.2, -0.15) is 0 Å². The number of nitrogens with zero attached hydrogens (tertiary/aromatic N) is 4. The Hall–Kier alpha value is -2.42. The molecule has 1 aliphatic heterocycles. The van der Waals surface area contributed by atoms with Crippen LogP contribution >= 0.6 is 0 Å². The zero-order valence-corrected chi connectivity index (χ0v) is 11.6. The number of amidine groups is 1. The van der Waals surface area contributed by atoms with E-state index in [1.54, 1.807) is 7.11 Å². The summed E-state index contributed by atoms with van der Waals surface area (Å²) >= 11 is 0. The molecule has 0 aromatic carbocycles. The number of piperidine rings is 1. The van der Waals surface area contributed by atoms with Crippen LogP contribution in [0.2, 0.25) is 0 Å². The minimum Gasteiger partial charge on any atom is -0.409 e. The van der Waals surface area contributed by atoms with Crippen molar-refractivity contribution in [2.24, 2.45) is 10.9 Å². The number of nitrogens with two attached hydrogens (primary N) is 1. The molecule has 9 nitrogen and oxygen atoms in total. The van der Waals surface area contributed by atoms with Crippen LogP contribution in [0, 0.1) is 10.1 Å². The minimum atomic E-state index is -0.515. The van der Waals surface area contributed by atoms with E-state index in [9.17, 15) is 10.1 Å². The van der Waals surface area contributed by atoms with Crippen LogP contribution in [0.4, 0.5) is 11.5 Å². The van der Waals surface area contributed by atoms with E-state index in [1.807, 2.05) is 4.90 Å². The Balaban J connectivity index is 2.29. The number of pyridine rings is 1. The summed E-state index contributed by atoms with van der Waals surface area (Å²) in [6.45, 7) is 1.27. The number of anilines is 1. The van der Waals surface area contributed by atoms with Gasteiger partial charge in [0.25, 0.3) is 0 Å². The predicted molar refractivity (Wildman–Crippen MR) is 75.6 cm³/mol. The molecule has 2 heterocycles. The Bertz CT molecular complexity index is 555. The van der Waals surface area contributed by atoms with Gasteiger partial charge in [-0.1, -0.05) is 5.16 Å². The highest BCUT2D eigenvalue weighted by atomic mass is 16.6. The van der Waals surface area contributed by atoms with E-state index in [2.05, 4.69) is 10.1 Å². The third-order valence-corrected chi connectivity index (χ3v) is 3.52. The summed E-state index contributed by atoms with van der Waals surface area (Å²) in [5, 5.41) is 22.7. The third kappa shape index (κ3) is 3.19. The molecule has 9 heteroatoms. The first-order chi connectivity index (χ1) is 10.1. The molecule has 1 aliphatic rings. The summed E-state index contributed by atoms with van der Waals surface area (Å²) in [7, 11) is 1.66. The van der Waals surface area contributed by atoms with E-state index in [-0.39, 0.29) is 23.2 Å². The van der Waals surface area contributed by atoms with E-state index in [4.69, 9.17) is 15.7 Å². The maximum absolute atomic E-state index is 11.2. The second-order valence-corrected chi connectivity index (χ2v) is 4.73. The summed E-state index contributed by atoms with van der Waals surface area (Å²) in [6.07, 6.45) is 3.12. The van der Waals surface area contributed by atoms with Crippen molar-refractivity contribution in [1.29, 1.82) is 0 Å². The number of oxime groups is 1. The molecule has 1 saturated heterocycles. The Morgan fingerprint density at radius 1 is 1.62 bits per heavy atom. The number of hydrogen-bond donors (Lipinski definition) is 2. The van der Waals surface area contributed by atoms with Gasteiger partial charge in [0.15, 0.2) is 5.84 Å². The average molecular weight is 295 g/mol. The van der Waals surface area contributed by atoms with Crippen LogP contribution in [-0.4, -0.2) is 47.3 Å². The first-order valence-corrected chi connectivity index (χ1v) is 6.47. The minimum absolute atomic E-state index is 0.157. The highest BCUT2D eigenvalue weighted by Crippen LogP contribution is 2.29. The molecule has 1 aromatic heterocycles. The lowest BCUT2D eigenvalue weighted by Crippen LogP contribution is -2.37. The molecule has 2 rings (SSSR count). The van der Waals surface area contributed by atoms with Crippen LogP contribution < -0.4 is 10.6 Å². The number of rotatable bonds is 4. The van der Waals surface area contributed by atoms with Crippen molar-refractivity contribution in [3.63, 3.8) is 0 Å². The Labute approximate surface area is 121 Å². The lowest BCUT2D eigenvalue weighted by Gasteiger charge is -2.31. The monoisotopic (exact) mass is 295 g/mol. The van der Waals surface area contributed by atoms with Crippen molar-refractivity contribution in [2.45, 2.75) is 18.9 Å².